The van der Waals surface area contributed by atoms with E-state index in [9.17, 15) is 19.5 Å². The van der Waals surface area contributed by atoms with Gasteiger partial charge in [-0.25, -0.2) is 4.90 Å². The summed E-state index contributed by atoms with van der Waals surface area (Å²) >= 11 is 0. The number of fused-ring (bicyclic) bond motifs is 5. The number of amides is 2. The molecule has 2 amide bonds. The maximum atomic E-state index is 12.8. The Labute approximate surface area is 132 Å². The van der Waals surface area contributed by atoms with Crippen molar-refractivity contribution < 1.29 is 24.2 Å². The lowest BCUT2D eigenvalue weighted by atomic mass is 9.73. The molecule has 6 heteroatoms. The van der Waals surface area contributed by atoms with Gasteiger partial charge in [0.1, 0.15) is 0 Å². The molecule has 4 rings (SSSR count). The van der Waals surface area contributed by atoms with Crippen LogP contribution in [0, 0.1) is 11.8 Å². The van der Waals surface area contributed by atoms with Gasteiger partial charge in [0.15, 0.2) is 0 Å². The highest BCUT2D eigenvalue weighted by molar-refractivity contribution is 6.23. The van der Waals surface area contributed by atoms with Gasteiger partial charge in [-0.3, -0.25) is 9.59 Å². The fraction of sp³-hybridized carbons (Fsp3) is 0.353. The third-order valence-electron chi connectivity index (χ3n) is 5.09. The van der Waals surface area contributed by atoms with Crippen molar-refractivity contribution in [3.63, 3.8) is 0 Å². The number of carbonyl (C=O) groups is 3. The fourth-order valence-corrected chi connectivity index (χ4v) is 4.03. The van der Waals surface area contributed by atoms with Crippen LogP contribution in [-0.4, -0.2) is 29.0 Å². The van der Waals surface area contributed by atoms with Crippen molar-refractivity contribution in [1.29, 1.82) is 0 Å². The number of carbonyl (C=O) groups excluding carboxylic acids is 3. The number of hydrogen-bond donors (Lipinski definition) is 0. The van der Waals surface area contributed by atoms with Crippen LogP contribution in [0.25, 0.3) is 0 Å². The molecule has 1 aromatic carbocycles. The van der Waals surface area contributed by atoms with Gasteiger partial charge in [-0.15, -0.1) is 0 Å². The van der Waals surface area contributed by atoms with Gasteiger partial charge in [0.2, 0.25) is 11.8 Å². The van der Waals surface area contributed by atoms with E-state index in [4.69, 9.17) is 4.74 Å². The molecule has 0 aliphatic carbocycles. The zero-order chi connectivity index (χ0) is 16.6. The van der Waals surface area contributed by atoms with Gasteiger partial charge in [0.05, 0.1) is 34.7 Å². The average Bonchev–Trinajstić information content (AvgIpc) is 3.04. The van der Waals surface area contributed by atoms with Gasteiger partial charge in [0, 0.05) is 0 Å². The van der Waals surface area contributed by atoms with E-state index in [1.807, 2.05) is 26.0 Å². The number of aromatic carboxylic acids is 1. The summed E-state index contributed by atoms with van der Waals surface area (Å²) in [5, 5.41) is 10.8. The lowest BCUT2D eigenvalue weighted by Crippen LogP contribution is -2.39. The second kappa shape index (κ2) is 4.08. The van der Waals surface area contributed by atoms with Crippen molar-refractivity contribution in [2.75, 3.05) is 4.90 Å². The number of nitrogens with zero attached hydrogens (tertiary/aromatic N) is 1. The highest BCUT2D eigenvalue weighted by atomic mass is 16.5. The SMILES string of the molecule is C[C@]12C=C[C@](C)(O1)[C@H]1C(=O)N(c3ccc(C(=O)[O-])cc3)C(=O)[C@@H]12. The normalized spacial score (nSPS) is 37.6. The number of ether oxygens (including phenoxy) is 1. The first-order chi connectivity index (χ1) is 10.8. The number of rotatable bonds is 2. The van der Waals surface area contributed by atoms with Gasteiger partial charge < -0.3 is 14.6 Å². The van der Waals surface area contributed by atoms with Crippen molar-refractivity contribution in [3.05, 3.63) is 42.0 Å². The topological polar surface area (TPSA) is 86.7 Å². The van der Waals surface area contributed by atoms with E-state index in [2.05, 4.69) is 0 Å². The first kappa shape index (κ1) is 14.1. The van der Waals surface area contributed by atoms with Crippen LogP contribution >= 0.6 is 0 Å². The van der Waals surface area contributed by atoms with Crippen LogP contribution in [-0.2, 0) is 14.3 Å². The minimum absolute atomic E-state index is 0.00275. The number of carboxylic acid groups (broad SMARTS) is 1. The first-order valence-corrected chi connectivity index (χ1v) is 7.37. The smallest absolute Gasteiger partial charge is 0.241 e. The Morgan fingerprint density at radius 1 is 1.04 bits per heavy atom. The predicted octanol–water partition coefficient (Wildman–Crippen LogP) is 0.273. The Hall–Kier alpha value is -2.47. The minimum atomic E-state index is -1.30. The van der Waals surface area contributed by atoms with E-state index < -0.39 is 29.0 Å². The van der Waals surface area contributed by atoms with Crippen molar-refractivity contribution >= 4 is 23.5 Å². The molecule has 118 valence electrons. The summed E-state index contributed by atoms with van der Waals surface area (Å²) in [6.45, 7) is 3.63. The number of hydrogen-bond acceptors (Lipinski definition) is 5. The summed E-state index contributed by atoms with van der Waals surface area (Å²) in [7, 11) is 0. The van der Waals surface area contributed by atoms with Gasteiger partial charge >= 0.3 is 0 Å². The third kappa shape index (κ3) is 1.64. The molecule has 3 aliphatic rings. The van der Waals surface area contributed by atoms with Crippen LogP contribution in [0.3, 0.4) is 0 Å². The van der Waals surface area contributed by atoms with E-state index >= 15 is 0 Å². The molecular weight excluding hydrogens is 298 g/mol. The largest absolute Gasteiger partial charge is 0.545 e. The summed E-state index contributed by atoms with van der Waals surface area (Å²) in [6, 6.07) is 5.55. The summed E-state index contributed by atoms with van der Waals surface area (Å²) < 4.78 is 5.92. The van der Waals surface area contributed by atoms with E-state index in [0.29, 0.717) is 5.69 Å². The zero-order valence-electron chi connectivity index (χ0n) is 12.6. The zero-order valence-corrected chi connectivity index (χ0v) is 12.6. The van der Waals surface area contributed by atoms with E-state index in [1.165, 1.54) is 24.3 Å². The van der Waals surface area contributed by atoms with Crippen molar-refractivity contribution in [1.82, 2.24) is 0 Å². The second-order valence-electron chi connectivity index (χ2n) is 6.60. The van der Waals surface area contributed by atoms with Gasteiger partial charge in [-0.05, 0) is 31.5 Å². The molecule has 0 spiro atoms. The molecule has 3 aliphatic heterocycles. The average molecular weight is 312 g/mol. The molecule has 0 radical (unpaired) electrons. The van der Waals surface area contributed by atoms with Gasteiger partial charge in [-0.2, -0.15) is 0 Å². The molecular formula is C17H14NO5-. The molecule has 2 saturated heterocycles. The van der Waals surface area contributed by atoms with Crippen molar-refractivity contribution in [3.8, 4) is 0 Å². The number of benzene rings is 1. The number of carboxylic acids is 1. The predicted molar refractivity (Wildman–Crippen MR) is 77.3 cm³/mol. The lowest BCUT2D eigenvalue weighted by Gasteiger charge is -2.25. The lowest BCUT2D eigenvalue weighted by molar-refractivity contribution is -0.255. The van der Waals surface area contributed by atoms with Crippen LogP contribution in [0.4, 0.5) is 5.69 Å². The Morgan fingerprint density at radius 2 is 1.52 bits per heavy atom. The minimum Gasteiger partial charge on any atom is -0.545 e. The summed E-state index contributed by atoms with van der Waals surface area (Å²) in [6.07, 6.45) is 3.70. The van der Waals surface area contributed by atoms with Crippen LogP contribution in [0.2, 0.25) is 0 Å². The Bertz CT molecular complexity index is 747. The Kier molecular flexibility index (Phi) is 2.51. The molecule has 0 N–H and O–H groups in total. The molecule has 0 saturated carbocycles. The monoisotopic (exact) mass is 312 g/mol. The van der Waals surface area contributed by atoms with Crippen molar-refractivity contribution in [2.24, 2.45) is 11.8 Å². The van der Waals surface area contributed by atoms with E-state index in [1.54, 1.807) is 0 Å². The van der Waals surface area contributed by atoms with Crippen LogP contribution < -0.4 is 10.0 Å². The molecule has 2 bridgehead atoms. The molecule has 1 aromatic rings. The van der Waals surface area contributed by atoms with Crippen LogP contribution in [0.15, 0.2) is 36.4 Å². The molecule has 4 atom stereocenters. The standard InChI is InChI=1S/C17H15NO5/c1-16-7-8-17(2,23-16)12-11(16)13(19)18(14(12)20)10-5-3-9(4-6-10)15(21)22/h3-8,11-12H,1-2H3,(H,21,22)/p-1/t11-,12-,16-,17+/m1/s1. The van der Waals surface area contributed by atoms with Gasteiger partial charge in [0.25, 0.3) is 0 Å². The van der Waals surface area contributed by atoms with Gasteiger partial charge in [-0.1, -0.05) is 24.3 Å². The van der Waals surface area contributed by atoms with E-state index in [-0.39, 0.29) is 17.4 Å². The second-order valence-corrected chi connectivity index (χ2v) is 6.60. The van der Waals surface area contributed by atoms with E-state index in [0.717, 1.165) is 4.90 Å². The third-order valence-corrected chi connectivity index (χ3v) is 5.09. The highest BCUT2D eigenvalue weighted by Gasteiger charge is 2.70. The maximum absolute atomic E-state index is 12.8. The first-order valence-electron chi connectivity index (χ1n) is 7.37. The highest BCUT2D eigenvalue weighted by Crippen LogP contribution is 2.57. The molecule has 6 nitrogen and oxygen atoms in total. The summed E-state index contributed by atoms with van der Waals surface area (Å²) in [5.41, 5.74) is -1.18. The molecule has 0 aromatic heterocycles. The molecule has 3 heterocycles. The molecule has 0 unspecified atom stereocenters. The summed E-state index contributed by atoms with van der Waals surface area (Å²) in [5.74, 6) is -3.02. The number of imide groups is 1. The maximum Gasteiger partial charge on any atom is 0.241 e. The van der Waals surface area contributed by atoms with Crippen LogP contribution in [0.1, 0.15) is 24.2 Å². The quantitative estimate of drug-likeness (QED) is 0.578. The summed E-state index contributed by atoms with van der Waals surface area (Å²) in [4.78, 5) is 37.6. The van der Waals surface area contributed by atoms with Crippen LogP contribution in [0.5, 0.6) is 0 Å². The van der Waals surface area contributed by atoms with Crippen molar-refractivity contribution in [2.45, 2.75) is 25.0 Å². The fourth-order valence-electron chi connectivity index (χ4n) is 4.03. The Morgan fingerprint density at radius 3 is 1.96 bits per heavy atom. The molecule has 2 fully saturated rings. The number of anilines is 1. The molecule has 23 heavy (non-hydrogen) atoms. The Balaban J connectivity index is 1.75.